The average molecular weight is 462 g/mol. The van der Waals surface area contributed by atoms with Crippen LogP contribution in [-0.2, 0) is 13.5 Å². The fourth-order valence-corrected chi connectivity index (χ4v) is 6.15. The van der Waals surface area contributed by atoms with Gasteiger partial charge in [-0.05, 0) is 64.7 Å². The number of hydrogen-bond acceptors (Lipinski definition) is 1. The Balaban J connectivity index is 1.50. The normalized spacial score (nSPS) is 12.9. The molecular weight excluding hydrogens is 438 g/mol. The van der Waals surface area contributed by atoms with Gasteiger partial charge >= 0.3 is 0 Å². The third kappa shape index (κ3) is 2.60. The quantitative estimate of drug-likeness (QED) is 0.255. The summed E-state index contributed by atoms with van der Waals surface area (Å²) in [5.41, 5.74) is 9.51. The van der Waals surface area contributed by atoms with Crippen LogP contribution >= 0.6 is 0 Å². The van der Waals surface area contributed by atoms with Gasteiger partial charge in [-0.2, -0.15) is 0 Å². The van der Waals surface area contributed by atoms with Gasteiger partial charge in [0, 0.05) is 34.6 Å². The zero-order chi connectivity index (χ0) is 23.8. The SMILES string of the molecule is Cn1c2ccccc2c2cccc(-c3nc4ccccc4n3-c3cc4c5c(cccc5c3)CC=C4)c21. The van der Waals surface area contributed by atoms with Crippen LogP contribution in [-0.4, -0.2) is 14.1 Å². The van der Waals surface area contributed by atoms with E-state index in [4.69, 9.17) is 4.98 Å². The number of benzene rings is 5. The lowest BCUT2D eigenvalue weighted by Gasteiger charge is -2.17. The molecule has 0 N–H and O–H groups in total. The molecule has 7 aromatic rings. The number of allylic oxidation sites excluding steroid dienone is 1. The van der Waals surface area contributed by atoms with E-state index < -0.39 is 0 Å². The van der Waals surface area contributed by atoms with Crippen molar-refractivity contribution in [2.24, 2.45) is 7.05 Å². The maximum Gasteiger partial charge on any atom is 0.147 e. The third-order valence-corrected chi connectivity index (χ3v) is 7.70. The van der Waals surface area contributed by atoms with E-state index >= 15 is 0 Å². The first-order chi connectivity index (χ1) is 17.8. The summed E-state index contributed by atoms with van der Waals surface area (Å²) in [6.07, 6.45) is 5.53. The lowest BCUT2D eigenvalue weighted by atomic mass is 9.92. The smallest absolute Gasteiger partial charge is 0.147 e. The van der Waals surface area contributed by atoms with Crippen LogP contribution in [0.2, 0.25) is 0 Å². The lowest BCUT2D eigenvalue weighted by molar-refractivity contribution is 1.01. The molecule has 5 aromatic carbocycles. The summed E-state index contributed by atoms with van der Waals surface area (Å²) >= 11 is 0. The van der Waals surface area contributed by atoms with Crippen molar-refractivity contribution in [3.8, 4) is 17.1 Å². The molecule has 3 heteroatoms. The lowest BCUT2D eigenvalue weighted by Crippen LogP contribution is -2.01. The highest BCUT2D eigenvalue weighted by Crippen LogP contribution is 2.39. The van der Waals surface area contributed by atoms with Crippen molar-refractivity contribution >= 4 is 49.7 Å². The Labute approximate surface area is 208 Å². The number of aryl methyl sites for hydroxylation is 1. The van der Waals surface area contributed by atoms with E-state index in [1.807, 2.05) is 0 Å². The molecule has 0 unspecified atom stereocenters. The minimum absolute atomic E-state index is 0.968. The molecule has 0 saturated carbocycles. The molecule has 0 spiro atoms. The molecule has 0 amide bonds. The number of rotatable bonds is 2. The highest BCUT2D eigenvalue weighted by atomic mass is 15.1. The summed E-state index contributed by atoms with van der Waals surface area (Å²) in [5, 5.41) is 5.17. The second-order valence-electron chi connectivity index (χ2n) is 9.69. The summed E-state index contributed by atoms with van der Waals surface area (Å²) in [6.45, 7) is 0. The van der Waals surface area contributed by atoms with Crippen LogP contribution in [0.5, 0.6) is 0 Å². The molecule has 1 aliphatic rings. The fourth-order valence-electron chi connectivity index (χ4n) is 6.15. The van der Waals surface area contributed by atoms with Crippen LogP contribution in [0.3, 0.4) is 0 Å². The Kier molecular flexibility index (Phi) is 3.92. The first-order valence-electron chi connectivity index (χ1n) is 12.4. The Morgan fingerprint density at radius 1 is 0.750 bits per heavy atom. The number of nitrogens with zero attached hydrogens (tertiary/aromatic N) is 3. The summed E-state index contributed by atoms with van der Waals surface area (Å²) in [6, 6.07) is 35.0. The zero-order valence-electron chi connectivity index (χ0n) is 19.9. The summed E-state index contributed by atoms with van der Waals surface area (Å²) in [7, 11) is 2.16. The largest absolute Gasteiger partial charge is 0.343 e. The van der Waals surface area contributed by atoms with Gasteiger partial charge in [0.25, 0.3) is 0 Å². The monoisotopic (exact) mass is 461 g/mol. The van der Waals surface area contributed by atoms with Gasteiger partial charge in [0.05, 0.1) is 16.6 Å². The van der Waals surface area contributed by atoms with Gasteiger partial charge in [0.15, 0.2) is 0 Å². The Morgan fingerprint density at radius 3 is 2.50 bits per heavy atom. The van der Waals surface area contributed by atoms with Gasteiger partial charge in [0.2, 0.25) is 0 Å². The van der Waals surface area contributed by atoms with Gasteiger partial charge in [-0.25, -0.2) is 4.98 Å². The molecule has 0 radical (unpaired) electrons. The Morgan fingerprint density at radius 2 is 1.56 bits per heavy atom. The van der Waals surface area contributed by atoms with Crippen LogP contribution < -0.4 is 0 Å². The van der Waals surface area contributed by atoms with Crippen LogP contribution in [0.15, 0.2) is 103 Å². The molecule has 3 nitrogen and oxygen atoms in total. The topological polar surface area (TPSA) is 22.8 Å². The predicted molar refractivity (Wildman–Crippen MR) is 151 cm³/mol. The van der Waals surface area contributed by atoms with Crippen molar-refractivity contribution in [1.29, 1.82) is 0 Å². The maximum atomic E-state index is 5.22. The molecule has 1 aliphatic carbocycles. The average Bonchev–Trinajstić information content (AvgIpc) is 3.45. The van der Waals surface area contributed by atoms with E-state index in [0.717, 1.165) is 34.5 Å². The predicted octanol–water partition coefficient (Wildman–Crippen LogP) is 8.06. The second-order valence-corrected chi connectivity index (χ2v) is 9.69. The molecule has 8 rings (SSSR count). The Hall–Kier alpha value is -4.63. The number of fused-ring (bicyclic) bond motifs is 4. The van der Waals surface area contributed by atoms with Crippen LogP contribution in [0.4, 0.5) is 0 Å². The molecule has 0 aliphatic heterocycles. The molecule has 2 aromatic heterocycles. The highest BCUT2D eigenvalue weighted by Gasteiger charge is 2.20. The maximum absolute atomic E-state index is 5.22. The Bertz CT molecular complexity index is 2030. The second kappa shape index (κ2) is 7.19. The van der Waals surface area contributed by atoms with E-state index in [9.17, 15) is 0 Å². The number of para-hydroxylation sites is 4. The van der Waals surface area contributed by atoms with Crippen molar-refractivity contribution < 1.29 is 0 Å². The molecule has 170 valence electrons. The molecule has 0 atom stereocenters. The molecule has 0 fully saturated rings. The highest BCUT2D eigenvalue weighted by molar-refractivity contribution is 6.12. The molecule has 36 heavy (non-hydrogen) atoms. The molecule has 2 heterocycles. The molecule has 0 saturated heterocycles. The van der Waals surface area contributed by atoms with Crippen molar-refractivity contribution in [2.45, 2.75) is 6.42 Å². The third-order valence-electron chi connectivity index (χ3n) is 7.70. The fraction of sp³-hybridized carbons (Fsp3) is 0.0606. The summed E-state index contributed by atoms with van der Waals surface area (Å²) in [5.74, 6) is 0.968. The van der Waals surface area contributed by atoms with E-state index in [1.54, 1.807) is 0 Å². The number of imidazole rings is 1. The zero-order valence-corrected chi connectivity index (χ0v) is 19.9. The van der Waals surface area contributed by atoms with E-state index in [-0.39, 0.29) is 0 Å². The number of aromatic nitrogens is 3. The van der Waals surface area contributed by atoms with Crippen LogP contribution in [0.1, 0.15) is 11.1 Å². The number of hydrogen-bond donors (Lipinski definition) is 0. The van der Waals surface area contributed by atoms with Gasteiger partial charge in [-0.1, -0.05) is 72.8 Å². The molecular formula is C33H23N3. The first kappa shape index (κ1) is 19.7. The first-order valence-corrected chi connectivity index (χ1v) is 12.4. The van der Waals surface area contributed by atoms with Crippen molar-refractivity contribution in [3.05, 3.63) is 114 Å². The summed E-state index contributed by atoms with van der Waals surface area (Å²) < 4.78 is 4.65. The van der Waals surface area contributed by atoms with Crippen molar-refractivity contribution in [3.63, 3.8) is 0 Å². The van der Waals surface area contributed by atoms with Crippen LogP contribution in [0, 0.1) is 0 Å². The van der Waals surface area contributed by atoms with E-state index in [2.05, 4.69) is 125 Å². The van der Waals surface area contributed by atoms with E-state index in [1.165, 1.54) is 43.7 Å². The van der Waals surface area contributed by atoms with Crippen LogP contribution in [0.25, 0.3) is 66.8 Å². The van der Waals surface area contributed by atoms with Gasteiger partial charge < -0.3 is 4.57 Å². The van der Waals surface area contributed by atoms with Gasteiger partial charge in [0.1, 0.15) is 5.82 Å². The van der Waals surface area contributed by atoms with Gasteiger partial charge in [-0.15, -0.1) is 0 Å². The van der Waals surface area contributed by atoms with Crippen molar-refractivity contribution in [1.82, 2.24) is 14.1 Å². The van der Waals surface area contributed by atoms with Crippen molar-refractivity contribution in [2.75, 3.05) is 0 Å². The standard InChI is InChI=1S/C33H23N3/c1-35-29-17-4-2-13-25(29)26-14-8-15-27(32(26)35)33-34-28-16-3-5-18-30(28)36(33)24-19-22-11-6-9-21-10-7-12-23(20-24)31(21)22/h2-9,11-20H,10H2,1H3. The minimum Gasteiger partial charge on any atom is -0.343 e. The minimum atomic E-state index is 0.968. The molecule has 0 bridgehead atoms. The van der Waals surface area contributed by atoms with Gasteiger partial charge in [-0.3, -0.25) is 4.57 Å². The summed E-state index contributed by atoms with van der Waals surface area (Å²) in [4.78, 5) is 5.22. The van der Waals surface area contributed by atoms with E-state index in [0.29, 0.717) is 0 Å².